The van der Waals surface area contributed by atoms with Gasteiger partial charge in [-0.3, -0.25) is 10.1 Å². The summed E-state index contributed by atoms with van der Waals surface area (Å²) in [7, 11) is 0. The van der Waals surface area contributed by atoms with Gasteiger partial charge in [-0.05, 0) is 51.5 Å². The Morgan fingerprint density at radius 1 is 1.11 bits per heavy atom. The molecule has 0 aromatic heterocycles. The number of esters is 2. The molecule has 9 heteroatoms. The second-order valence-corrected chi connectivity index (χ2v) is 9.63. The van der Waals surface area contributed by atoms with Crippen LogP contribution in [0.4, 0.5) is 11.4 Å². The van der Waals surface area contributed by atoms with Gasteiger partial charge in [0.15, 0.2) is 11.5 Å². The number of nitro benzene ring substituents is 1. The number of nitrogens with zero attached hydrogens (tertiary/aromatic N) is 2. The van der Waals surface area contributed by atoms with Gasteiger partial charge in [-0.2, -0.15) is 0 Å². The zero-order chi connectivity index (χ0) is 27.1. The second kappa shape index (κ2) is 9.24. The number of benzene rings is 2. The molecule has 192 valence electrons. The van der Waals surface area contributed by atoms with E-state index in [4.69, 9.17) is 14.2 Å². The Bertz CT molecular complexity index is 1370. The summed E-state index contributed by atoms with van der Waals surface area (Å²) >= 11 is 0. The van der Waals surface area contributed by atoms with Crippen LogP contribution in [0.25, 0.3) is 6.08 Å². The highest BCUT2D eigenvalue weighted by Gasteiger charge is 2.59. The summed E-state index contributed by atoms with van der Waals surface area (Å²) in [5.74, 6) is -1.12. The van der Waals surface area contributed by atoms with Crippen molar-refractivity contribution in [2.45, 2.75) is 38.8 Å². The van der Waals surface area contributed by atoms with E-state index in [0.29, 0.717) is 11.1 Å². The van der Waals surface area contributed by atoms with Crippen LogP contribution < -0.4 is 14.4 Å². The van der Waals surface area contributed by atoms with E-state index < -0.39 is 28.0 Å². The van der Waals surface area contributed by atoms with Gasteiger partial charge in [0.25, 0.3) is 5.69 Å². The monoisotopic (exact) mass is 504 g/mol. The van der Waals surface area contributed by atoms with Crippen LogP contribution in [0.1, 0.15) is 38.8 Å². The first-order valence-corrected chi connectivity index (χ1v) is 11.7. The maximum Gasteiger partial charge on any atom is 0.338 e. The number of para-hydroxylation sites is 1. The summed E-state index contributed by atoms with van der Waals surface area (Å²) in [4.78, 5) is 37.4. The van der Waals surface area contributed by atoms with Crippen LogP contribution >= 0.6 is 0 Å². The van der Waals surface area contributed by atoms with Crippen molar-refractivity contribution in [2.24, 2.45) is 0 Å². The topological polar surface area (TPSA) is 108 Å². The Hall–Kier alpha value is -4.40. The summed E-state index contributed by atoms with van der Waals surface area (Å²) in [5.41, 5.74) is 0.704. The zero-order valence-corrected chi connectivity index (χ0v) is 21.2. The van der Waals surface area contributed by atoms with E-state index >= 15 is 0 Å². The minimum Gasteiger partial charge on any atom is -0.460 e. The van der Waals surface area contributed by atoms with Crippen LogP contribution in [0, 0.1) is 10.1 Å². The smallest absolute Gasteiger partial charge is 0.338 e. The van der Waals surface area contributed by atoms with Gasteiger partial charge >= 0.3 is 11.9 Å². The number of nitro groups is 1. The number of non-ortho nitro benzene ring substituents is 1. The van der Waals surface area contributed by atoms with Crippen LogP contribution in [0.3, 0.4) is 0 Å². The van der Waals surface area contributed by atoms with Gasteiger partial charge in [-0.15, -0.1) is 0 Å². The highest BCUT2D eigenvalue weighted by Crippen LogP contribution is 2.56. The van der Waals surface area contributed by atoms with E-state index in [-0.39, 0.29) is 35.9 Å². The first-order chi connectivity index (χ1) is 17.4. The largest absolute Gasteiger partial charge is 0.460 e. The molecule has 0 fully saturated rings. The van der Waals surface area contributed by atoms with Crippen molar-refractivity contribution in [2.75, 3.05) is 18.1 Å². The quantitative estimate of drug-likeness (QED) is 0.169. The van der Waals surface area contributed by atoms with E-state index in [9.17, 15) is 19.7 Å². The normalized spacial score (nSPS) is 18.4. The SMILES string of the molecule is C=C(C)C(=O)OCCN1c2ccccc2C(C)(C)C12C=Cc1cc([N+](=O)[O-])cc(OC(=O)C(=C)C)c1O2. The van der Waals surface area contributed by atoms with Crippen molar-refractivity contribution in [1.82, 2.24) is 0 Å². The van der Waals surface area contributed by atoms with Crippen LogP contribution in [0.5, 0.6) is 11.5 Å². The van der Waals surface area contributed by atoms with Crippen LogP contribution in [-0.4, -0.2) is 35.7 Å². The molecule has 2 heterocycles. The Kier molecular flexibility index (Phi) is 6.41. The lowest BCUT2D eigenvalue weighted by Crippen LogP contribution is -2.60. The number of carbonyl (C=O) groups is 2. The molecule has 2 aliphatic heterocycles. The molecule has 0 saturated heterocycles. The predicted octanol–water partition coefficient (Wildman–Crippen LogP) is 5.10. The van der Waals surface area contributed by atoms with Crippen molar-refractivity contribution in [3.05, 3.63) is 88.0 Å². The standard InChI is InChI=1S/C28H28N2O7/c1-17(2)25(31)35-14-13-29-22-10-8-7-9-21(22)27(5,6)28(29)12-11-19-15-20(30(33)34)16-23(24(19)37-28)36-26(32)18(3)4/h7-12,15-16H,1,3,13-14H2,2,4-6H3. The number of carbonyl (C=O) groups excluding carboxylic acids is 2. The summed E-state index contributed by atoms with van der Waals surface area (Å²) in [5, 5.41) is 11.6. The van der Waals surface area contributed by atoms with Gasteiger partial charge in [-0.1, -0.05) is 31.4 Å². The van der Waals surface area contributed by atoms with Crippen molar-refractivity contribution >= 4 is 29.4 Å². The van der Waals surface area contributed by atoms with Gasteiger partial charge in [0.05, 0.1) is 22.9 Å². The van der Waals surface area contributed by atoms with Gasteiger partial charge in [0.2, 0.25) is 5.72 Å². The Morgan fingerprint density at radius 2 is 1.78 bits per heavy atom. The lowest BCUT2D eigenvalue weighted by molar-refractivity contribution is -0.385. The maximum atomic E-state index is 12.4. The third-order valence-electron chi connectivity index (χ3n) is 6.64. The van der Waals surface area contributed by atoms with Crippen LogP contribution in [-0.2, 0) is 19.7 Å². The molecule has 2 aromatic carbocycles. The first-order valence-electron chi connectivity index (χ1n) is 11.7. The number of hydrogen-bond donors (Lipinski definition) is 0. The highest BCUT2D eigenvalue weighted by atomic mass is 16.6. The van der Waals surface area contributed by atoms with Crippen molar-refractivity contribution in [3.63, 3.8) is 0 Å². The molecule has 37 heavy (non-hydrogen) atoms. The molecular weight excluding hydrogens is 476 g/mol. The van der Waals surface area contributed by atoms with Crippen molar-refractivity contribution < 1.29 is 28.7 Å². The van der Waals surface area contributed by atoms with Gasteiger partial charge in [0, 0.05) is 28.5 Å². The molecular formula is C28H28N2O7. The average molecular weight is 505 g/mol. The number of ether oxygens (including phenoxy) is 3. The molecule has 0 aliphatic carbocycles. The van der Waals surface area contributed by atoms with E-state index in [1.54, 1.807) is 13.0 Å². The van der Waals surface area contributed by atoms with Gasteiger partial charge < -0.3 is 19.1 Å². The fourth-order valence-electron chi connectivity index (χ4n) is 4.67. The van der Waals surface area contributed by atoms with Gasteiger partial charge in [0.1, 0.15) is 6.61 Å². The van der Waals surface area contributed by atoms with E-state index in [1.165, 1.54) is 19.1 Å². The molecule has 0 bridgehead atoms. The lowest BCUT2D eigenvalue weighted by Gasteiger charge is -2.47. The summed E-state index contributed by atoms with van der Waals surface area (Å²) in [6.07, 6.45) is 3.56. The highest BCUT2D eigenvalue weighted by molar-refractivity contribution is 5.90. The first kappa shape index (κ1) is 25.7. The number of rotatable bonds is 7. The summed E-state index contributed by atoms with van der Waals surface area (Å²) in [6.45, 7) is 14.7. The Morgan fingerprint density at radius 3 is 2.43 bits per heavy atom. The van der Waals surface area contributed by atoms with Crippen molar-refractivity contribution in [1.29, 1.82) is 0 Å². The molecule has 0 radical (unpaired) electrons. The zero-order valence-electron chi connectivity index (χ0n) is 21.2. The van der Waals surface area contributed by atoms with Crippen molar-refractivity contribution in [3.8, 4) is 11.5 Å². The molecule has 1 spiro atoms. The van der Waals surface area contributed by atoms with E-state index in [1.807, 2.05) is 49.1 Å². The maximum absolute atomic E-state index is 12.4. The minimum absolute atomic E-state index is 0.0691. The lowest BCUT2D eigenvalue weighted by atomic mass is 9.76. The molecule has 9 nitrogen and oxygen atoms in total. The molecule has 2 aliphatic rings. The molecule has 0 amide bonds. The third-order valence-corrected chi connectivity index (χ3v) is 6.64. The summed E-state index contributed by atoms with van der Waals surface area (Å²) < 4.78 is 17.6. The van der Waals surface area contributed by atoms with E-state index in [0.717, 1.165) is 11.3 Å². The fraction of sp³-hybridized carbons (Fsp3) is 0.286. The minimum atomic E-state index is -1.13. The predicted molar refractivity (Wildman–Crippen MR) is 139 cm³/mol. The molecule has 0 saturated carbocycles. The molecule has 4 rings (SSSR count). The molecule has 0 N–H and O–H groups in total. The fourth-order valence-corrected chi connectivity index (χ4v) is 4.67. The molecule has 1 unspecified atom stereocenters. The number of fused-ring (bicyclic) bond motifs is 2. The van der Waals surface area contributed by atoms with E-state index in [2.05, 4.69) is 13.2 Å². The van der Waals surface area contributed by atoms with Crippen LogP contribution in [0.15, 0.2) is 66.8 Å². The second-order valence-electron chi connectivity index (χ2n) is 9.63. The molecule has 2 aromatic rings. The molecule has 1 atom stereocenters. The number of hydrogen-bond acceptors (Lipinski definition) is 8. The third kappa shape index (κ3) is 4.26. The average Bonchev–Trinajstić information content (AvgIpc) is 3.02. The van der Waals surface area contributed by atoms with Crippen LogP contribution in [0.2, 0.25) is 0 Å². The summed E-state index contributed by atoms with van der Waals surface area (Å²) in [6, 6.07) is 10.3. The Balaban J connectivity index is 1.82. The Labute approximate surface area is 214 Å². The van der Waals surface area contributed by atoms with Gasteiger partial charge in [-0.25, -0.2) is 9.59 Å². The number of anilines is 1.